The van der Waals surface area contributed by atoms with E-state index in [1.807, 2.05) is 38.1 Å². The number of urea groups is 2. The molecule has 6 amide bonds. The molecule has 2 heterocycles. The van der Waals surface area contributed by atoms with Gasteiger partial charge in [-0.05, 0) is 38.3 Å². The third-order valence-electron chi connectivity index (χ3n) is 7.33. The normalized spacial score (nSPS) is 19.3. The lowest BCUT2D eigenvalue weighted by Crippen LogP contribution is -2.66. The van der Waals surface area contributed by atoms with Gasteiger partial charge in [-0.2, -0.15) is 0 Å². The Balaban J connectivity index is 1.50. The number of para-hydroxylation sites is 1. The molecule has 1 saturated carbocycles. The Morgan fingerprint density at radius 3 is 2.47 bits per heavy atom. The molecule has 0 bridgehead atoms. The average Bonchev–Trinajstić information content (AvgIpc) is 3.30. The predicted octanol–water partition coefficient (Wildman–Crippen LogP) is 1.83. The molecule has 1 aliphatic heterocycles. The first-order chi connectivity index (χ1) is 18.2. The molecule has 38 heavy (non-hydrogen) atoms. The molecule has 4 rings (SSSR count). The summed E-state index contributed by atoms with van der Waals surface area (Å²) in [5.74, 6) is -1.19. The Labute approximate surface area is 222 Å². The molecule has 2 unspecified atom stereocenters. The second kappa shape index (κ2) is 12.2. The van der Waals surface area contributed by atoms with Crippen LogP contribution in [0.4, 0.5) is 9.59 Å². The minimum absolute atomic E-state index is 0.0149. The second-order valence-electron chi connectivity index (χ2n) is 10.6. The summed E-state index contributed by atoms with van der Waals surface area (Å²) in [5, 5.41) is 9.63. The molecule has 0 spiro atoms. The topological polar surface area (TPSA) is 153 Å². The van der Waals surface area contributed by atoms with Gasteiger partial charge >= 0.3 is 12.1 Å². The van der Waals surface area contributed by atoms with Crippen molar-refractivity contribution in [3.63, 3.8) is 0 Å². The van der Waals surface area contributed by atoms with Crippen molar-refractivity contribution in [1.82, 2.24) is 30.7 Å². The van der Waals surface area contributed by atoms with E-state index in [-0.39, 0.29) is 43.7 Å². The van der Waals surface area contributed by atoms with E-state index in [2.05, 4.69) is 20.9 Å². The van der Waals surface area contributed by atoms with Gasteiger partial charge in [0.05, 0.1) is 6.54 Å². The number of H-pyrrole nitrogens is 1. The highest BCUT2D eigenvalue weighted by Crippen LogP contribution is 2.21. The molecule has 1 aliphatic carbocycles. The largest absolute Gasteiger partial charge is 0.368 e. The number of nitrogens with one attached hydrogen (secondary N) is 4. The van der Waals surface area contributed by atoms with E-state index >= 15 is 0 Å². The molecule has 2 fully saturated rings. The number of piperazine rings is 1. The highest BCUT2D eigenvalue weighted by atomic mass is 16.2. The first kappa shape index (κ1) is 27.3. The van der Waals surface area contributed by atoms with Crippen molar-refractivity contribution in [1.29, 1.82) is 0 Å². The number of amides is 6. The van der Waals surface area contributed by atoms with Gasteiger partial charge in [0, 0.05) is 48.7 Å². The van der Waals surface area contributed by atoms with Gasteiger partial charge in [-0.25, -0.2) is 9.59 Å². The zero-order chi connectivity index (χ0) is 27.2. The van der Waals surface area contributed by atoms with Crippen LogP contribution in [0.1, 0.15) is 51.5 Å². The number of aromatic nitrogens is 1. The van der Waals surface area contributed by atoms with E-state index in [0.717, 1.165) is 48.6 Å². The lowest BCUT2D eigenvalue weighted by Gasteiger charge is -2.41. The van der Waals surface area contributed by atoms with Gasteiger partial charge < -0.3 is 36.5 Å². The fraction of sp³-hybridized carbons (Fsp3) is 0.556. The van der Waals surface area contributed by atoms with E-state index < -0.39 is 23.9 Å². The van der Waals surface area contributed by atoms with Gasteiger partial charge in [0.15, 0.2) is 0 Å². The number of carbonyl (C=O) groups is 4. The van der Waals surface area contributed by atoms with Gasteiger partial charge in [0.25, 0.3) is 0 Å². The Morgan fingerprint density at radius 1 is 1.03 bits per heavy atom. The predicted molar refractivity (Wildman–Crippen MR) is 144 cm³/mol. The number of benzene rings is 1. The van der Waals surface area contributed by atoms with Crippen LogP contribution in [-0.2, 0) is 16.0 Å². The molecule has 1 aromatic carbocycles. The monoisotopic (exact) mass is 525 g/mol. The van der Waals surface area contributed by atoms with Crippen LogP contribution in [-0.4, -0.2) is 82.5 Å². The third kappa shape index (κ3) is 6.56. The standard InChI is InChI=1S/C27H39N7O4/c1-17(2)30-26(37)33-12-13-34(27(38)31-19-8-4-3-5-9-19)23(16-33)25(36)32-22(24(28)35)14-18-15-29-21-11-7-6-10-20(18)21/h6-7,10-11,15,17,19,22-23,29H,3-5,8-9,12-14,16H2,1-2H3,(H2,28,35)(H,30,37)(H,31,38)(H,32,36). The molecule has 1 saturated heterocycles. The third-order valence-corrected chi connectivity index (χ3v) is 7.33. The van der Waals surface area contributed by atoms with Crippen molar-refractivity contribution in [3.8, 4) is 0 Å². The van der Waals surface area contributed by atoms with Crippen molar-refractivity contribution in [2.24, 2.45) is 5.73 Å². The minimum atomic E-state index is -0.982. The van der Waals surface area contributed by atoms with E-state index in [1.165, 1.54) is 9.80 Å². The number of nitrogens with two attached hydrogens (primary N) is 1. The van der Waals surface area contributed by atoms with Crippen molar-refractivity contribution >= 4 is 34.8 Å². The van der Waals surface area contributed by atoms with Crippen LogP contribution in [0.5, 0.6) is 0 Å². The summed E-state index contributed by atoms with van der Waals surface area (Å²) in [7, 11) is 0. The second-order valence-corrected chi connectivity index (χ2v) is 10.6. The Kier molecular flexibility index (Phi) is 8.75. The first-order valence-corrected chi connectivity index (χ1v) is 13.5. The highest BCUT2D eigenvalue weighted by molar-refractivity contribution is 5.93. The molecule has 6 N–H and O–H groups in total. The summed E-state index contributed by atoms with van der Waals surface area (Å²) < 4.78 is 0. The maximum absolute atomic E-state index is 13.6. The number of hydrogen-bond donors (Lipinski definition) is 5. The Bertz CT molecular complexity index is 1160. The van der Waals surface area contributed by atoms with Crippen LogP contribution < -0.4 is 21.7 Å². The van der Waals surface area contributed by atoms with Crippen LogP contribution in [0.2, 0.25) is 0 Å². The number of hydrogen-bond acceptors (Lipinski definition) is 4. The molecule has 2 aliphatic rings. The Morgan fingerprint density at radius 2 is 1.76 bits per heavy atom. The smallest absolute Gasteiger partial charge is 0.318 e. The Hall–Kier alpha value is -3.76. The lowest BCUT2D eigenvalue weighted by molar-refractivity contribution is -0.131. The molecule has 206 valence electrons. The van der Waals surface area contributed by atoms with Crippen LogP contribution in [0.25, 0.3) is 10.9 Å². The fourth-order valence-electron chi connectivity index (χ4n) is 5.29. The van der Waals surface area contributed by atoms with Crippen molar-refractivity contribution in [2.45, 2.75) is 76.5 Å². The average molecular weight is 526 g/mol. The molecular formula is C27H39N7O4. The van der Waals surface area contributed by atoms with E-state index in [0.29, 0.717) is 6.54 Å². The number of primary amides is 1. The van der Waals surface area contributed by atoms with Crippen LogP contribution in [0.3, 0.4) is 0 Å². The quantitative estimate of drug-likeness (QED) is 0.374. The lowest BCUT2D eigenvalue weighted by atomic mass is 9.95. The maximum atomic E-state index is 13.6. The summed E-state index contributed by atoms with van der Waals surface area (Å²) >= 11 is 0. The number of rotatable bonds is 7. The van der Waals surface area contributed by atoms with E-state index in [4.69, 9.17) is 5.73 Å². The SMILES string of the molecule is CC(C)NC(=O)N1CCN(C(=O)NC2CCCCC2)C(C(=O)NC(Cc2c[nH]c3ccccc23)C(N)=O)C1. The van der Waals surface area contributed by atoms with E-state index in [1.54, 1.807) is 6.20 Å². The van der Waals surface area contributed by atoms with Gasteiger partial charge in [-0.15, -0.1) is 0 Å². The molecule has 0 radical (unpaired) electrons. The summed E-state index contributed by atoms with van der Waals surface area (Å²) in [4.78, 5) is 58.2. The van der Waals surface area contributed by atoms with Crippen molar-refractivity contribution in [2.75, 3.05) is 19.6 Å². The summed E-state index contributed by atoms with van der Waals surface area (Å²) in [6.07, 6.45) is 7.10. The molecule has 11 nitrogen and oxygen atoms in total. The number of aromatic amines is 1. The first-order valence-electron chi connectivity index (χ1n) is 13.5. The number of nitrogens with zero attached hydrogens (tertiary/aromatic N) is 2. The fourth-order valence-corrected chi connectivity index (χ4v) is 5.29. The summed E-state index contributed by atoms with van der Waals surface area (Å²) in [5.41, 5.74) is 7.46. The highest BCUT2D eigenvalue weighted by Gasteiger charge is 2.39. The van der Waals surface area contributed by atoms with Gasteiger partial charge in [0.1, 0.15) is 12.1 Å². The van der Waals surface area contributed by atoms with Gasteiger partial charge in [-0.3, -0.25) is 9.59 Å². The van der Waals surface area contributed by atoms with E-state index in [9.17, 15) is 19.2 Å². The summed E-state index contributed by atoms with van der Waals surface area (Å²) in [6.45, 7) is 4.23. The maximum Gasteiger partial charge on any atom is 0.318 e. The van der Waals surface area contributed by atoms with Crippen molar-refractivity contribution in [3.05, 3.63) is 36.0 Å². The van der Waals surface area contributed by atoms with Gasteiger partial charge in [0.2, 0.25) is 11.8 Å². The number of fused-ring (bicyclic) bond motifs is 1. The zero-order valence-electron chi connectivity index (χ0n) is 22.2. The van der Waals surface area contributed by atoms with Crippen LogP contribution in [0, 0.1) is 0 Å². The van der Waals surface area contributed by atoms with Crippen molar-refractivity contribution < 1.29 is 19.2 Å². The molecule has 1 aromatic heterocycles. The van der Waals surface area contributed by atoms with Gasteiger partial charge in [-0.1, -0.05) is 37.5 Å². The van der Waals surface area contributed by atoms with Crippen LogP contribution >= 0.6 is 0 Å². The zero-order valence-corrected chi connectivity index (χ0v) is 22.2. The summed E-state index contributed by atoms with van der Waals surface area (Å²) in [6, 6.07) is 5.11. The molecular weight excluding hydrogens is 486 g/mol. The van der Waals surface area contributed by atoms with Crippen LogP contribution in [0.15, 0.2) is 30.5 Å². The molecule has 2 aromatic rings. The molecule has 2 atom stereocenters. The minimum Gasteiger partial charge on any atom is -0.368 e. The molecule has 11 heteroatoms. The number of carbonyl (C=O) groups excluding carboxylic acids is 4.